The van der Waals surface area contributed by atoms with Crippen LogP contribution in [0.1, 0.15) is 0 Å². The molecule has 0 radical (unpaired) electrons. The number of nitrogens with one attached hydrogen (secondary N) is 1. The first-order valence-corrected chi connectivity index (χ1v) is 13.8. The van der Waals surface area contributed by atoms with Crippen molar-refractivity contribution in [2.24, 2.45) is 31.8 Å². The highest BCUT2D eigenvalue weighted by atomic mass is 32.2. The van der Waals surface area contributed by atoms with Gasteiger partial charge in [0.05, 0.1) is 18.6 Å². The standard InChI is InChI=1S/C25H28N8O2S/c1-31-12-18(8-28-31)16-5-4-6-17(7-16)24-26-10-20(19-9-29-32(2)13-19)25(30-24)27-11-21-22-14-33(15-23(21)22)36(3,34)35/h4-10,12-13,21-23H,11,14-15H2,1-3H3,(H,26,27,30)/t21-,22+,23?/m1/s1. The van der Waals surface area contributed by atoms with E-state index in [1.54, 1.807) is 13.7 Å². The van der Waals surface area contributed by atoms with Crippen molar-refractivity contribution in [3.63, 3.8) is 0 Å². The molecule has 10 nitrogen and oxygen atoms in total. The van der Waals surface area contributed by atoms with E-state index in [0.717, 1.165) is 40.2 Å². The van der Waals surface area contributed by atoms with E-state index in [2.05, 4.69) is 32.6 Å². The van der Waals surface area contributed by atoms with Crippen LogP contribution in [0.25, 0.3) is 33.6 Å². The molecule has 1 saturated heterocycles. The zero-order chi connectivity index (χ0) is 25.0. The van der Waals surface area contributed by atoms with Gasteiger partial charge in [-0.25, -0.2) is 22.7 Å². The summed E-state index contributed by atoms with van der Waals surface area (Å²) in [5.74, 6) is 2.65. The molecule has 1 aromatic carbocycles. The number of aryl methyl sites for hydroxylation is 2. The Hall–Kier alpha value is -3.57. The third kappa shape index (κ3) is 4.28. The predicted molar refractivity (Wildman–Crippen MR) is 137 cm³/mol. The van der Waals surface area contributed by atoms with Crippen LogP contribution in [0.2, 0.25) is 0 Å². The highest BCUT2D eigenvalue weighted by Gasteiger charge is 2.56. The largest absolute Gasteiger partial charge is 0.369 e. The number of aromatic nitrogens is 6. The van der Waals surface area contributed by atoms with Crippen LogP contribution in [0.5, 0.6) is 0 Å². The van der Waals surface area contributed by atoms with E-state index in [1.807, 2.05) is 57.2 Å². The Kier molecular flexibility index (Phi) is 5.41. The van der Waals surface area contributed by atoms with Crippen molar-refractivity contribution in [1.82, 2.24) is 33.8 Å². The minimum Gasteiger partial charge on any atom is -0.369 e. The van der Waals surface area contributed by atoms with Crippen LogP contribution in [0, 0.1) is 17.8 Å². The minimum atomic E-state index is -3.12. The normalized spacial score (nSPS) is 21.5. The number of nitrogens with zero attached hydrogens (tertiary/aromatic N) is 7. The molecule has 4 heterocycles. The maximum atomic E-state index is 11.9. The lowest BCUT2D eigenvalue weighted by Gasteiger charge is -2.17. The zero-order valence-corrected chi connectivity index (χ0v) is 21.2. The number of rotatable bonds is 7. The summed E-state index contributed by atoms with van der Waals surface area (Å²) in [6, 6.07) is 8.14. The Balaban J connectivity index is 1.27. The fourth-order valence-corrected chi connectivity index (χ4v) is 6.12. The van der Waals surface area contributed by atoms with Crippen molar-refractivity contribution >= 4 is 15.8 Å². The molecule has 1 aliphatic heterocycles. The van der Waals surface area contributed by atoms with Gasteiger partial charge in [-0.15, -0.1) is 0 Å². The van der Waals surface area contributed by atoms with Gasteiger partial charge in [0, 0.05) is 74.6 Å². The number of fused-ring (bicyclic) bond motifs is 1. The van der Waals surface area contributed by atoms with E-state index >= 15 is 0 Å². The summed E-state index contributed by atoms with van der Waals surface area (Å²) < 4.78 is 28.9. The number of piperidine rings is 1. The van der Waals surface area contributed by atoms with Crippen LogP contribution >= 0.6 is 0 Å². The van der Waals surface area contributed by atoms with Gasteiger partial charge in [0.15, 0.2) is 5.82 Å². The molecule has 1 aliphatic carbocycles. The molecule has 2 aliphatic rings. The van der Waals surface area contributed by atoms with Crippen LogP contribution in [0.15, 0.2) is 55.2 Å². The summed E-state index contributed by atoms with van der Waals surface area (Å²) in [6.45, 7) is 1.97. The van der Waals surface area contributed by atoms with Crippen molar-refractivity contribution in [2.45, 2.75) is 0 Å². The third-order valence-corrected chi connectivity index (χ3v) is 8.51. The number of anilines is 1. The zero-order valence-electron chi connectivity index (χ0n) is 20.4. The lowest BCUT2D eigenvalue weighted by atomic mass is 10.1. The molecular formula is C25H28N8O2S. The van der Waals surface area contributed by atoms with Crippen molar-refractivity contribution < 1.29 is 8.42 Å². The Morgan fingerprint density at radius 2 is 1.61 bits per heavy atom. The van der Waals surface area contributed by atoms with E-state index in [1.165, 1.54) is 6.26 Å². The van der Waals surface area contributed by atoms with Gasteiger partial charge in [-0.2, -0.15) is 10.2 Å². The topological polar surface area (TPSA) is 111 Å². The van der Waals surface area contributed by atoms with Crippen LogP contribution in [-0.4, -0.2) is 68.1 Å². The Morgan fingerprint density at radius 1 is 0.944 bits per heavy atom. The van der Waals surface area contributed by atoms with Gasteiger partial charge in [-0.1, -0.05) is 18.2 Å². The van der Waals surface area contributed by atoms with E-state index < -0.39 is 10.0 Å². The van der Waals surface area contributed by atoms with E-state index in [4.69, 9.17) is 4.98 Å². The molecule has 1 N–H and O–H groups in total. The maximum Gasteiger partial charge on any atom is 0.211 e. The third-order valence-electron chi connectivity index (χ3n) is 7.28. The van der Waals surface area contributed by atoms with Gasteiger partial charge in [0.2, 0.25) is 10.0 Å². The SMILES string of the molecule is Cn1cc(-c2cccc(-c3ncc(-c4cnn(C)c4)c(NC[C@H]4C5CN(S(C)(=O)=O)C[C@H]54)n3)c2)cn1. The van der Waals surface area contributed by atoms with Crippen molar-refractivity contribution in [2.75, 3.05) is 31.2 Å². The van der Waals surface area contributed by atoms with E-state index in [-0.39, 0.29) is 0 Å². The molecule has 4 aromatic rings. The summed E-state index contributed by atoms with van der Waals surface area (Å²) in [5.41, 5.74) is 4.84. The Morgan fingerprint density at radius 3 is 2.25 bits per heavy atom. The Bertz CT molecular complexity index is 1530. The molecule has 36 heavy (non-hydrogen) atoms. The summed E-state index contributed by atoms with van der Waals surface area (Å²) in [6.07, 6.45) is 10.7. The average molecular weight is 505 g/mol. The van der Waals surface area contributed by atoms with Crippen molar-refractivity contribution in [1.29, 1.82) is 0 Å². The molecule has 3 atom stereocenters. The molecule has 0 amide bonds. The molecule has 11 heteroatoms. The second kappa shape index (κ2) is 8.52. The summed E-state index contributed by atoms with van der Waals surface area (Å²) in [4.78, 5) is 9.62. The van der Waals surface area contributed by atoms with Crippen molar-refractivity contribution in [3.8, 4) is 33.6 Å². The molecule has 3 aromatic heterocycles. The first-order valence-electron chi connectivity index (χ1n) is 11.9. The number of sulfonamides is 1. The second-order valence-corrected chi connectivity index (χ2v) is 11.8. The van der Waals surface area contributed by atoms with Gasteiger partial charge >= 0.3 is 0 Å². The molecule has 2 fully saturated rings. The predicted octanol–water partition coefficient (Wildman–Crippen LogP) is 2.49. The second-order valence-electron chi connectivity index (χ2n) is 9.79. The summed E-state index contributed by atoms with van der Waals surface area (Å²) in [5, 5.41) is 12.1. The quantitative estimate of drug-likeness (QED) is 0.412. The monoisotopic (exact) mass is 504 g/mol. The van der Waals surface area contributed by atoms with Gasteiger partial charge in [0.25, 0.3) is 0 Å². The molecule has 1 saturated carbocycles. The molecule has 0 bridgehead atoms. The average Bonchev–Trinajstić information content (AvgIpc) is 3.30. The maximum absolute atomic E-state index is 11.9. The minimum absolute atomic E-state index is 0.409. The molecule has 186 valence electrons. The number of benzene rings is 1. The molecular weight excluding hydrogens is 476 g/mol. The molecule has 6 rings (SSSR count). The van der Waals surface area contributed by atoms with Gasteiger partial charge < -0.3 is 5.32 Å². The van der Waals surface area contributed by atoms with Gasteiger partial charge in [0.1, 0.15) is 5.82 Å². The summed E-state index contributed by atoms with van der Waals surface area (Å²) in [7, 11) is 0.668. The van der Waals surface area contributed by atoms with E-state index in [0.29, 0.717) is 36.7 Å². The van der Waals surface area contributed by atoms with Crippen LogP contribution < -0.4 is 5.32 Å². The highest BCUT2D eigenvalue weighted by Crippen LogP contribution is 2.52. The first kappa shape index (κ1) is 22.9. The van der Waals surface area contributed by atoms with E-state index in [9.17, 15) is 8.42 Å². The summed E-state index contributed by atoms with van der Waals surface area (Å²) >= 11 is 0. The smallest absolute Gasteiger partial charge is 0.211 e. The van der Waals surface area contributed by atoms with Crippen molar-refractivity contribution in [3.05, 3.63) is 55.2 Å². The van der Waals surface area contributed by atoms with Gasteiger partial charge in [-0.05, 0) is 29.4 Å². The lowest BCUT2D eigenvalue weighted by molar-refractivity contribution is 0.420. The lowest BCUT2D eigenvalue weighted by Crippen LogP contribution is -2.31. The van der Waals surface area contributed by atoms with Crippen LogP contribution in [-0.2, 0) is 24.1 Å². The molecule has 0 spiro atoms. The number of hydrogen-bond acceptors (Lipinski definition) is 7. The fraction of sp³-hybridized carbons (Fsp3) is 0.360. The first-order chi connectivity index (χ1) is 17.3. The Labute approximate surface area is 210 Å². The van der Waals surface area contributed by atoms with Crippen LogP contribution in [0.4, 0.5) is 5.82 Å². The highest BCUT2D eigenvalue weighted by molar-refractivity contribution is 7.88. The fourth-order valence-electron chi connectivity index (χ4n) is 5.23. The van der Waals surface area contributed by atoms with Gasteiger partial charge in [-0.3, -0.25) is 9.36 Å². The molecule has 1 unspecified atom stereocenters. The number of hydrogen-bond donors (Lipinski definition) is 1. The van der Waals surface area contributed by atoms with Crippen LogP contribution in [0.3, 0.4) is 0 Å².